The molecule has 2 atom stereocenters. The maximum absolute atomic E-state index is 9.98. The van der Waals surface area contributed by atoms with E-state index in [1.54, 1.807) is 0 Å². The zero-order valence-corrected chi connectivity index (χ0v) is 7.88. The maximum atomic E-state index is 9.98. The van der Waals surface area contributed by atoms with Crippen LogP contribution in [0.5, 0.6) is 0 Å². The zero-order chi connectivity index (χ0) is 12.7. The second kappa shape index (κ2) is 6.15. The minimum atomic E-state index is -1.58. The molecule has 12 heteroatoms. The molecule has 0 saturated carbocycles. The second-order valence-electron chi connectivity index (χ2n) is 2.42. The molecular formula is C4H7N3O9. The molecule has 0 fully saturated rings. The summed E-state index contributed by atoms with van der Waals surface area (Å²) < 4.78 is 0. The van der Waals surface area contributed by atoms with Crippen LogP contribution in [0.15, 0.2) is 0 Å². The molecule has 0 aliphatic rings. The first-order valence-electron chi connectivity index (χ1n) is 3.72. The SMILES string of the molecule is CC(O[N+](=O)[O-])C(CO[N+](=O)[O-])O[N+](=O)[O-]. The summed E-state index contributed by atoms with van der Waals surface area (Å²) in [4.78, 5) is 41.4. The topological polar surface area (TPSA) is 157 Å². The predicted molar refractivity (Wildman–Crippen MR) is 42.4 cm³/mol. The number of nitrogens with zero attached hydrogens (tertiary/aromatic N) is 3. The van der Waals surface area contributed by atoms with Crippen molar-refractivity contribution >= 4 is 0 Å². The lowest BCUT2D eigenvalue weighted by Crippen LogP contribution is -2.37. The van der Waals surface area contributed by atoms with Gasteiger partial charge in [-0.1, -0.05) is 0 Å². The molecule has 0 aliphatic carbocycles. The van der Waals surface area contributed by atoms with Crippen LogP contribution in [0, 0.1) is 30.3 Å². The lowest BCUT2D eigenvalue weighted by molar-refractivity contribution is -0.809. The molecule has 0 aromatic rings. The molecule has 0 amide bonds. The van der Waals surface area contributed by atoms with Crippen LogP contribution in [-0.4, -0.2) is 34.1 Å². The van der Waals surface area contributed by atoms with E-state index in [0.717, 1.165) is 6.92 Å². The Morgan fingerprint density at radius 3 is 1.88 bits per heavy atom. The lowest BCUT2D eigenvalue weighted by atomic mass is 10.2. The Morgan fingerprint density at radius 2 is 1.50 bits per heavy atom. The summed E-state index contributed by atoms with van der Waals surface area (Å²) in [6.07, 6.45) is -2.97. The number of hydrogen-bond donors (Lipinski definition) is 0. The van der Waals surface area contributed by atoms with Gasteiger partial charge >= 0.3 is 0 Å². The molecule has 12 nitrogen and oxygen atoms in total. The third-order valence-electron chi connectivity index (χ3n) is 1.34. The van der Waals surface area contributed by atoms with Gasteiger partial charge in [0.15, 0.2) is 6.10 Å². The largest absolute Gasteiger partial charge is 0.311 e. The third-order valence-corrected chi connectivity index (χ3v) is 1.34. The molecule has 0 heterocycles. The molecule has 0 N–H and O–H groups in total. The van der Waals surface area contributed by atoms with Crippen LogP contribution in [-0.2, 0) is 14.5 Å². The predicted octanol–water partition coefficient (Wildman–Crippen LogP) is -0.632. The highest BCUT2D eigenvalue weighted by molar-refractivity contribution is 4.61. The van der Waals surface area contributed by atoms with E-state index < -0.39 is 34.1 Å². The number of rotatable bonds is 8. The fraction of sp³-hybridized carbons (Fsp3) is 1.00. The van der Waals surface area contributed by atoms with Crippen molar-refractivity contribution in [1.82, 2.24) is 0 Å². The van der Waals surface area contributed by atoms with Gasteiger partial charge in [0, 0.05) is 0 Å². The van der Waals surface area contributed by atoms with Crippen molar-refractivity contribution in [1.29, 1.82) is 0 Å². The molecule has 2 unspecified atom stereocenters. The highest BCUT2D eigenvalue weighted by Crippen LogP contribution is 2.05. The molecule has 0 radical (unpaired) electrons. The first-order valence-corrected chi connectivity index (χ1v) is 3.72. The van der Waals surface area contributed by atoms with Crippen molar-refractivity contribution in [2.24, 2.45) is 0 Å². The van der Waals surface area contributed by atoms with Gasteiger partial charge < -0.3 is 14.5 Å². The van der Waals surface area contributed by atoms with Gasteiger partial charge in [-0.25, -0.2) is 0 Å². The summed E-state index contributed by atoms with van der Waals surface area (Å²) in [5.41, 5.74) is 0. The molecule has 0 aliphatic heterocycles. The molecule has 92 valence electrons. The highest BCUT2D eigenvalue weighted by Gasteiger charge is 2.25. The van der Waals surface area contributed by atoms with E-state index in [0.29, 0.717) is 0 Å². The van der Waals surface area contributed by atoms with Crippen LogP contribution in [0.1, 0.15) is 6.92 Å². The molecule has 0 spiro atoms. The quantitative estimate of drug-likeness (QED) is 0.398. The van der Waals surface area contributed by atoms with E-state index >= 15 is 0 Å². The third kappa shape index (κ3) is 6.11. The fourth-order valence-corrected chi connectivity index (χ4v) is 0.700. The van der Waals surface area contributed by atoms with E-state index in [4.69, 9.17) is 0 Å². The molecule has 0 aromatic heterocycles. The molecule has 16 heavy (non-hydrogen) atoms. The van der Waals surface area contributed by atoms with E-state index in [1.807, 2.05) is 0 Å². The van der Waals surface area contributed by atoms with E-state index in [9.17, 15) is 30.3 Å². The van der Waals surface area contributed by atoms with Gasteiger partial charge in [0.05, 0.1) is 0 Å². The lowest BCUT2D eigenvalue weighted by Gasteiger charge is -2.18. The molecular weight excluding hydrogens is 234 g/mol. The van der Waals surface area contributed by atoms with Crippen molar-refractivity contribution in [2.45, 2.75) is 19.1 Å². The number of hydrogen-bond acceptors (Lipinski definition) is 9. The average molecular weight is 241 g/mol. The first kappa shape index (κ1) is 13.6. The van der Waals surface area contributed by atoms with Crippen LogP contribution in [0.25, 0.3) is 0 Å². The van der Waals surface area contributed by atoms with Gasteiger partial charge in [-0.15, -0.1) is 30.3 Å². The standard InChI is InChI=1S/C4H7N3O9/c1-3(15-6(10)11)4(16-7(12)13)2-14-5(8)9/h3-4H,2H2,1H3. The second-order valence-corrected chi connectivity index (χ2v) is 2.42. The van der Waals surface area contributed by atoms with Gasteiger partial charge in [-0.05, 0) is 6.92 Å². The van der Waals surface area contributed by atoms with E-state index in [-0.39, 0.29) is 0 Å². The van der Waals surface area contributed by atoms with Gasteiger partial charge in [-0.3, -0.25) is 0 Å². The fourth-order valence-electron chi connectivity index (χ4n) is 0.700. The minimum Gasteiger partial charge on any atom is -0.311 e. The van der Waals surface area contributed by atoms with Crippen molar-refractivity contribution in [3.05, 3.63) is 30.3 Å². The minimum absolute atomic E-state index is 0.858. The zero-order valence-electron chi connectivity index (χ0n) is 7.88. The Morgan fingerprint density at radius 1 is 1.00 bits per heavy atom. The first-order chi connectivity index (χ1) is 7.32. The summed E-state index contributed by atoms with van der Waals surface area (Å²) in [5, 5.41) is 26.0. The summed E-state index contributed by atoms with van der Waals surface area (Å²) in [6, 6.07) is 0. The Kier molecular flexibility index (Phi) is 5.23. The maximum Gasteiger partial charge on any atom is 0.294 e. The van der Waals surface area contributed by atoms with E-state index in [1.165, 1.54) is 0 Å². The monoisotopic (exact) mass is 241 g/mol. The van der Waals surface area contributed by atoms with Crippen molar-refractivity contribution in [2.75, 3.05) is 6.61 Å². The van der Waals surface area contributed by atoms with Gasteiger partial charge in [0.1, 0.15) is 12.7 Å². The van der Waals surface area contributed by atoms with Gasteiger partial charge in [0.25, 0.3) is 15.3 Å². The highest BCUT2D eigenvalue weighted by atomic mass is 17.0. The summed E-state index contributed by atoms with van der Waals surface area (Å²) in [7, 11) is 0. The Hall–Kier alpha value is -2.40. The summed E-state index contributed by atoms with van der Waals surface area (Å²) >= 11 is 0. The van der Waals surface area contributed by atoms with Gasteiger partial charge in [-0.2, -0.15) is 0 Å². The average Bonchev–Trinajstić information content (AvgIpc) is 2.09. The van der Waals surface area contributed by atoms with Crippen LogP contribution >= 0.6 is 0 Å². The Balaban J connectivity index is 4.33. The molecule has 0 saturated heterocycles. The van der Waals surface area contributed by atoms with Crippen molar-refractivity contribution < 1.29 is 29.8 Å². The summed E-state index contributed by atoms with van der Waals surface area (Å²) in [5.74, 6) is 0. The Labute approximate surface area is 87.0 Å². The van der Waals surface area contributed by atoms with Crippen LogP contribution < -0.4 is 0 Å². The Bertz CT molecular complexity index is 280. The van der Waals surface area contributed by atoms with Crippen LogP contribution in [0.2, 0.25) is 0 Å². The van der Waals surface area contributed by atoms with Crippen LogP contribution in [0.3, 0.4) is 0 Å². The molecule has 0 rings (SSSR count). The molecule has 0 bridgehead atoms. The smallest absolute Gasteiger partial charge is 0.294 e. The van der Waals surface area contributed by atoms with Crippen molar-refractivity contribution in [3.63, 3.8) is 0 Å². The van der Waals surface area contributed by atoms with Crippen LogP contribution in [0.4, 0.5) is 0 Å². The van der Waals surface area contributed by atoms with Gasteiger partial charge in [0.2, 0.25) is 0 Å². The normalized spacial score (nSPS) is 13.3. The van der Waals surface area contributed by atoms with E-state index in [2.05, 4.69) is 14.5 Å². The van der Waals surface area contributed by atoms with Crippen molar-refractivity contribution in [3.8, 4) is 0 Å². The summed E-state index contributed by atoms with van der Waals surface area (Å²) in [6.45, 7) is 0.212. The molecule has 0 aromatic carbocycles.